The monoisotopic (exact) mass is 653 g/mol. The van der Waals surface area contributed by atoms with Gasteiger partial charge in [0.25, 0.3) is 0 Å². The first-order chi connectivity index (χ1) is 21.9. The second-order valence-corrected chi connectivity index (χ2v) is 11.9. The fraction of sp³-hybridized carbons (Fsp3) is 0.406. The van der Waals surface area contributed by atoms with E-state index in [1.54, 1.807) is 24.3 Å². The standard InChI is InChI=1S/C32H37Cl2N7O4/c1-3-31(42)38-24-17-25(28(43-2)18-27(24)40-12-10-39(11-13-40)21-7-14-44-15-8-21)37-29-19-30(36-20-35-29)41-26(9-16-45-41)22-5-4-6-23(33)32(22)34/h3-6,17-21,26H,1,7-16H2,2H3,(H,38,42)(H,35,36,37). The van der Waals surface area contributed by atoms with E-state index in [0.717, 1.165) is 69.9 Å². The van der Waals surface area contributed by atoms with Gasteiger partial charge in [-0.25, -0.2) is 15.0 Å². The van der Waals surface area contributed by atoms with E-state index in [9.17, 15) is 4.79 Å². The smallest absolute Gasteiger partial charge is 0.247 e. The van der Waals surface area contributed by atoms with Gasteiger partial charge in [0.1, 0.15) is 17.9 Å². The summed E-state index contributed by atoms with van der Waals surface area (Å²) >= 11 is 12.9. The first kappa shape index (κ1) is 31.4. The van der Waals surface area contributed by atoms with Crippen LogP contribution in [0.5, 0.6) is 5.75 Å². The van der Waals surface area contributed by atoms with Gasteiger partial charge in [-0.3, -0.25) is 14.5 Å². The quantitative estimate of drug-likeness (QED) is 0.274. The van der Waals surface area contributed by atoms with Crippen LogP contribution in [0, 0.1) is 0 Å². The predicted octanol–water partition coefficient (Wildman–Crippen LogP) is 5.84. The zero-order valence-electron chi connectivity index (χ0n) is 25.2. The Morgan fingerprint density at radius 1 is 1.04 bits per heavy atom. The molecule has 1 amide bonds. The number of piperazine rings is 1. The lowest BCUT2D eigenvalue weighted by atomic mass is 10.0. The summed E-state index contributed by atoms with van der Waals surface area (Å²) in [6.45, 7) is 9.32. The minimum Gasteiger partial charge on any atom is -0.494 e. The van der Waals surface area contributed by atoms with Crippen LogP contribution < -0.4 is 25.3 Å². The molecule has 3 fully saturated rings. The predicted molar refractivity (Wildman–Crippen MR) is 177 cm³/mol. The molecule has 4 heterocycles. The van der Waals surface area contributed by atoms with Gasteiger partial charge in [0.2, 0.25) is 5.91 Å². The lowest BCUT2D eigenvalue weighted by Gasteiger charge is -2.42. The van der Waals surface area contributed by atoms with Crippen LogP contribution >= 0.6 is 23.2 Å². The second-order valence-electron chi connectivity index (χ2n) is 11.1. The Hall–Kier alpha value is -3.61. The molecule has 45 heavy (non-hydrogen) atoms. The van der Waals surface area contributed by atoms with Crippen LogP contribution in [0.25, 0.3) is 0 Å². The number of hydrogen-bond acceptors (Lipinski definition) is 10. The molecule has 0 saturated carbocycles. The molecule has 0 spiro atoms. The van der Waals surface area contributed by atoms with Gasteiger partial charge >= 0.3 is 0 Å². The Morgan fingerprint density at radius 2 is 1.84 bits per heavy atom. The maximum absolute atomic E-state index is 12.5. The van der Waals surface area contributed by atoms with Crippen molar-refractivity contribution in [1.29, 1.82) is 0 Å². The third-order valence-corrected chi connectivity index (χ3v) is 9.34. The fourth-order valence-electron chi connectivity index (χ4n) is 6.19. The molecule has 2 aromatic carbocycles. The van der Waals surface area contributed by atoms with Crippen molar-refractivity contribution in [1.82, 2.24) is 14.9 Å². The number of nitrogens with zero attached hydrogens (tertiary/aromatic N) is 5. The number of carbonyl (C=O) groups excluding carboxylic acids is 1. The topological polar surface area (TPSA) is 104 Å². The highest BCUT2D eigenvalue weighted by Crippen LogP contribution is 2.41. The number of hydrogen-bond donors (Lipinski definition) is 2. The summed E-state index contributed by atoms with van der Waals surface area (Å²) in [5.74, 6) is 1.39. The molecule has 3 aliphatic rings. The Kier molecular flexibility index (Phi) is 9.91. The SMILES string of the molecule is C=CC(=O)Nc1cc(Nc2cc(N3OCCC3c3cccc(Cl)c3Cl)ncn2)c(OC)cc1N1CCN(C2CCOCC2)CC1. The van der Waals surface area contributed by atoms with E-state index in [1.165, 1.54) is 12.4 Å². The number of hydroxylamine groups is 1. The lowest BCUT2D eigenvalue weighted by Crippen LogP contribution is -2.51. The van der Waals surface area contributed by atoms with Gasteiger partial charge < -0.3 is 25.0 Å². The first-order valence-corrected chi connectivity index (χ1v) is 15.9. The normalized spacial score (nSPS) is 19.4. The van der Waals surface area contributed by atoms with Gasteiger partial charge in [-0.1, -0.05) is 41.9 Å². The van der Waals surface area contributed by atoms with Crippen LogP contribution in [0.3, 0.4) is 0 Å². The molecule has 1 unspecified atom stereocenters. The summed E-state index contributed by atoms with van der Waals surface area (Å²) in [6, 6.07) is 11.6. The lowest BCUT2D eigenvalue weighted by molar-refractivity contribution is -0.111. The third-order valence-electron chi connectivity index (χ3n) is 8.51. The van der Waals surface area contributed by atoms with Crippen LogP contribution in [0.15, 0.2) is 55.4 Å². The fourth-order valence-corrected chi connectivity index (χ4v) is 6.62. The van der Waals surface area contributed by atoms with E-state index in [1.807, 2.05) is 24.3 Å². The number of anilines is 5. The average Bonchev–Trinajstić information content (AvgIpc) is 3.57. The highest BCUT2D eigenvalue weighted by molar-refractivity contribution is 6.42. The summed E-state index contributed by atoms with van der Waals surface area (Å²) in [6.07, 6.45) is 5.59. The van der Waals surface area contributed by atoms with Crippen molar-refractivity contribution in [2.45, 2.75) is 31.3 Å². The van der Waals surface area contributed by atoms with Gasteiger partial charge in [-0.15, -0.1) is 0 Å². The van der Waals surface area contributed by atoms with Crippen molar-refractivity contribution in [2.75, 3.05) is 73.7 Å². The number of aromatic nitrogens is 2. The second kappa shape index (κ2) is 14.2. The minimum atomic E-state index is -0.297. The van der Waals surface area contributed by atoms with E-state index in [0.29, 0.717) is 51.5 Å². The molecule has 3 saturated heterocycles. The molecular formula is C32H37Cl2N7O4. The number of ether oxygens (including phenoxy) is 2. The van der Waals surface area contributed by atoms with E-state index < -0.39 is 0 Å². The van der Waals surface area contributed by atoms with Crippen molar-refractivity contribution in [3.05, 3.63) is 71.0 Å². The molecule has 1 atom stereocenters. The molecule has 2 N–H and O–H groups in total. The zero-order valence-corrected chi connectivity index (χ0v) is 26.7. The highest BCUT2D eigenvalue weighted by atomic mass is 35.5. The minimum absolute atomic E-state index is 0.166. The summed E-state index contributed by atoms with van der Waals surface area (Å²) in [4.78, 5) is 32.2. The Morgan fingerprint density at radius 3 is 2.60 bits per heavy atom. The molecule has 1 aromatic heterocycles. The van der Waals surface area contributed by atoms with Gasteiger partial charge in [0.05, 0.1) is 46.9 Å². The third kappa shape index (κ3) is 6.97. The summed E-state index contributed by atoms with van der Waals surface area (Å²) in [5, 5.41) is 9.06. The number of rotatable bonds is 9. The highest BCUT2D eigenvalue weighted by Gasteiger charge is 2.32. The summed E-state index contributed by atoms with van der Waals surface area (Å²) < 4.78 is 11.4. The molecule has 238 valence electrons. The van der Waals surface area contributed by atoms with Crippen molar-refractivity contribution in [2.24, 2.45) is 0 Å². The van der Waals surface area contributed by atoms with Crippen molar-refractivity contribution in [3.63, 3.8) is 0 Å². The van der Waals surface area contributed by atoms with Crippen LogP contribution in [0.4, 0.5) is 28.7 Å². The van der Waals surface area contributed by atoms with Gasteiger partial charge in [0.15, 0.2) is 5.82 Å². The Labute approximate surface area is 273 Å². The largest absolute Gasteiger partial charge is 0.494 e. The van der Waals surface area contributed by atoms with Crippen LogP contribution in [-0.2, 0) is 14.4 Å². The first-order valence-electron chi connectivity index (χ1n) is 15.1. The van der Waals surface area contributed by atoms with Crippen LogP contribution in [-0.4, -0.2) is 79.9 Å². The van der Waals surface area contributed by atoms with Crippen LogP contribution in [0.2, 0.25) is 10.0 Å². The van der Waals surface area contributed by atoms with Gasteiger partial charge in [0, 0.05) is 64.0 Å². The van der Waals surface area contributed by atoms with Crippen molar-refractivity contribution in [3.8, 4) is 5.75 Å². The Bertz CT molecular complexity index is 1530. The zero-order chi connectivity index (χ0) is 31.3. The molecule has 13 heteroatoms. The number of nitrogens with one attached hydrogen (secondary N) is 2. The molecular weight excluding hydrogens is 617 g/mol. The Balaban J connectivity index is 1.24. The van der Waals surface area contributed by atoms with E-state index >= 15 is 0 Å². The molecule has 0 radical (unpaired) electrons. The van der Waals surface area contributed by atoms with E-state index in [4.69, 9.17) is 37.5 Å². The summed E-state index contributed by atoms with van der Waals surface area (Å²) in [7, 11) is 1.62. The number of benzene rings is 2. The maximum atomic E-state index is 12.5. The molecule has 0 aliphatic carbocycles. The van der Waals surface area contributed by atoms with E-state index in [-0.39, 0.29) is 11.9 Å². The molecule has 3 aliphatic heterocycles. The molecule has 0 bridgehead atoms. The number of carbonyl (C=O) groups is 1. The van der Waals surface area contributed by atoms with Crippen molar-refractivity contribution < 1.29 is 19.1 Å². The van der Waals surface area contributed by atoms with Gasteiger partial charge in [-0.2, -0.15) is 0 Å². The number of amides is 1. The van der Waals surface area contributed by atoms with E-state index in [2.05, 4.69) is 37.0 Å². The van der Waals surface area contributed by atoms with Gasteiger partial charge in [-0.05, 0) is 36.6 Å². The summed E-state index contributed by atoms with van der Waals surface area (Å²) in [5.41, 5.74) is 3.02. The number of halogens is 2. The number of methoxy groups -OCH3 is 1. The molecule has 3 aromatic rings. The molecule has 6 rings (SSSR count). The maximum Gasteiger partial charge on any atom is 0.247 e. The average molecular weight is 655 g/mol. The van der Waals surface area contributed by atoms with Crippen LogP contribution in [0.1, 0.15) is 30.9 Å². The molecule has 11 nitrogen and oxygen atoms in total. The van der Waals surface area contributed by atoms with Crippen molar-refractivity contribution >= 4 is 57.8 Å².